The van der Waals surface area contributed by atoms with Crippen LogP contribution in [0, 0.1) is 11.5 Å². The van der Waals surface area contributed by atoms with Gasteiger partial charge in [-0.1, -0.05) is 0 Å². The van der Waals surface area contributed by atoms with Crippen molar-refractivity contribution in [2.75, 3.05) is 39.5 Å². The third-order valence-electron chi connectivity index (χ3n) is 2.41. The molecule has 7 nitrogen and oxygen atoms in total. The topological polar surface area (TPSA) is 89.2 Å². The average Bonchev–Trinajstić information content (AvgIpc) is 2.47. The van der Waals surface area contributed by atoms with Crippen molar-refractivity contribution < 1.29 is 0 Å². The van der Waals surface area contributed by atoms with Gasteiger partial charge in [-0.15, -0.1) is 0 Å². The Morgan fingerprint density at radius 3 is 3.05 bits per heavy atom. The predicted molar refractivity (Wildman–Crippen MR) is 85.8 cm³/mol. The van der Waals surface area contributed by atoms with Gasteiger partial charge in [0.25, 0.3) is 0 Å². The number of aliphatic imine (C=N–C) groups is 1. The Hall–Kier alpha value is -1.85. The van der Waals surface area contributed by atoms with Gasteiger partial charge in [-0.25, -0.2) is 0 Å². The van der Waals surface area contributed by atoms with Crippen LogP contribution in [0.3, 0.4) is 0 Å². The molecule has 0 atom stereocenters. The van der Waals surface area contributed by atoms with E-state index in [0.717, 1.165) is 30.3 Å². The van der Waals surface area contributed by atoms with Crippen molar-refractivity contribution in [2.45, 2.75) is 5.75 Å². The van der Waals surface area contributed by atoms with Crippen LogP contribution in [0.15, 0.2) is 23.3 Å². The smallest absolute Gasteiger partial charge is 0.204 e. The fraction of sp³-hybridized carbons (Fsp3) is 0.538. The highest BCUT2D eigenvalue weighted by Gasteiger charge is 1.98. The molecule has 0 saturated carbocycles. The second-order valence-corrected chi connectivity index (χ2v) is 5.57. The molecule has 0 aliphatic carbocycles. The molecule has 0 spiro atoms. The molecule has 0 radical (unpaired) electrons. The van der Waals surface area contributed by atoms with Gasteiger partial charge in [0, 0.05) is 30.8 Å². The van der Waals surface area contributed by atoms with Crippen LogP contribution in [0.25, 0.3) is 0 Å². The normalized spacial score (nSPS) is 11.2. The lowest BCUT2D eigenvalue weighted by molar-refractivity contribution is 0.420. The molecule has 0 aliphatic heterocycles. The number of rotatable bonds is 8. The Morgan fingerprint density at radius 2 is 2.38 bits per heavy atom. The molecule has 1 heterocycles. The zero-order valence-corrected chi connectivity index (χ0v) is 13.2. The number of likely N-dealkylation sites (N-methyl/N-ethyl adjacent to an activating group) is 1. The molecule has 0 aromatic carbocycles. The Balaban J connectivity index is 2.19. The maximum atomic E-state index is 8.68. The summed E-state index contributed by atoms with van der Waals surface area (Å²) in [7, 11) is 3.98. The molecule has 0 aliphatic rings. The van der Waals surface area contributed by atoms with Crippen LogP contribution >= 0.6 is 11.8 Å². The first-order chi connectivity index (χ1) is 10.2. The molecular weight excluding hydrogens is 286 g/mol. The van der Waals surface area contributed by atoms with Gasteiger partial charge in [0.05, 0.1) is 12.2 Å². The summed E-state index contributed by atoms with van der Waals surface area (Å²) in [6, 6.07) is 3.84. The van der Waals surface area contributed by atoms with Gasteiger partial charge >= 0.3 is 0 Å². The molecule has 0 bridgehead atoms. The highest BCUT2D eigenvalue weighted by atomic mass is 32.2. The fourth-order valence-corrected chi connectivity index (χ4v) is 2.14. The summed E-state index contributed by atoms with van der Waals surface area (Å²) in [6.07, 6.45) is 3.56. The summed E-state index contributed by atoms with van der Waals surface area (Å²) >= 11 is 1.76. The standard InChI is InChI=1S/C13H21N7S/c1-20(2)8-6-15-13(17-11-14)16-7-9-21-10-12-4-3-5-18-19-12/h3-5H,6-10H2,1-2H3,(H2,15,16,17). The zero-order valence-electron chi connectivity index (χ0n) is 12.4. The minimum Gasteiger partial charge on any atom is -0.355 e. The van der Waals surface area contributed by atoms with E-state index in [1.54, 1.807) is 18.0 Å². The Bertz CT molecular complexity index is 455. The van der Waals surface area contributed by atoms with Gasteiger partial charge in [-0.3, -0.25) is 10.3 Å². The lowest BCUT2D eigenvalue weighted by Crippen LogP contribution is -2.36. The predicted octanol–water partition coefficient (Wildman–Crippen LogP) is 0.288. The largest absolute Gasteiger partial charge is 0.355 e. The second-order valence-electron chi connectivity index (χ2n) is 4.46. The molecular formula is C13H21N7S. The maximum Gasteiger partial charge on any atom is 0.204 e. The SMILES string of the molecule is CN(C)CCN=C(NC#N)NCCSCc1cccnn1. The Morgan fingerprint density at radius 1 is 1.52 bits per heavy atom. The van der Waals surface area contributed by atoms with E-state index in [4.69, 9.17) is 5.26 Å². The number of thioether (sulfide) groups is 1. The number of nitrogens with zero attached hydrogens (tertiary/aromatic N) is 5. The van der Waals surface area contributed by atoms with E-state index in [1.165, 1.54) is 0 Å². The van der Waals surface area contributed by atoms with E-state index < -0.39 is 0 Å². The van der Waals surface area contributed by atoms with E-state index in [0.29, 0.717) is 12.5 Å². The summed E-state index contributed by atoms with van der Waals surface area (Å²) in [5.41, 5.74) is 0.970. The first-order valence-electron chi connectivity index (χ1n) is 6.65. The van der Waals surface area contributed by atoms with Gasteiger partial charge in [0.15, 0.2) is 6.19 Å². The van der Waals surface area contributed by atoms with Gasteiger partial charge in [0.2, 0.25) is 5.96 Å². The van der Waals surface area contributed by atoms with Crippen LogP contribution in [-0.4, -0.2) is 60.5 Å². The molecule has 114 valence electrons. The third-order valence-corrected chi connectivity index (χ3v) is 3.40. The van der Waals surface area contributed by atoms with Gasteiger partial charge in [0.1, 0.15) is 0 Å². The quantitative estimate of drug-likeness (QED) is 0.234. The molecule has 0 unspecified atom stereocenters. The van der Waals surface area contributed by atoms with E-state index in [9.17, 15) is 0 Å². The highest BCUT2D eigenvalue weighted by molar-refractivity contribution is 7.98. The van der Waals surface area contributed by atoms with Crippen molar-refractivity contribution in [2.24, 2.45) is 4.99 Å². The van der Waals surface area contributed by atoms with Crippen molar-refractivity contribution in [1.29, 1.82) is 5.26 Å². The van der Waals surface area contributed by atoms with Gasteiger partial charge < -0.3 is 10.2 Å². The summed E-state index contributed by atoms with van der Waals surface area (Å²) in [6.45, 7) is 2.23. The Kier molecular flexibility index (Phi) is 8.91. The van der Waals surface area contributed by atoms with Crippen molar-refractivity contribution in [3.8, 4) is 6.19 Å². The van der Waals surface area contributed by atoms with Crippen LogP contribution in [0.1, 0.15) is 5.69 Å². The van der Waals surface area contributed by atoms with Crippen molar-refractivity contribution in [1.82, 2.24) is 25.7 Å². The van der Waals surface area contributed by atoms with Crippen LogP contribution in [0.5, 0.6) is 0 Å². The number of hydrogen-bond acceptors (Lipinski definition) is 6. The molecule has 2 N–H and O–H groups in total. The Labute approximate surface area is 129 Å². The third kappa shape index (κ3) is 8.83. The number of aromatic nitrogens is 2. The van der Waals surface area contributed by atoms with E-state index in [2.05, 4.69) is 25.8 Å². The van der Waals surface area contributed by atoms with Crippen molar-refractivity contribution in [3.63, 3.8) is 0 Å². The van der Waals surface area contributed by atoms with Crippen LogP contribution in [-0.2, 0) is 5.75 Å². The number of hydrogen-bond donors (Lipinski definition) is 2. The summed E-state index contributed by atoms with van der Waals surface area (Å²) in [5.74, 6) is 2.25. The average molecular weight is 307 g/mol. The maximum absolute atomic E-state index is 8.68. The summed E-state index contributed by atoms with van der Waals surface area (Å²) in [4.78, 5) is 6.35. The van der Waals surface area contributed by atoms with E-state index in [1.807, 2.05) is 37.3 Å². The second kappa shape index (κ2) is 10.9. The monoisotopic (exact) mass is 307 g/mol. The highest BCUT2D eigenvalue weighted by Crippen LogP contribution is 2.07. The summed E-state index contributed by atoms with van der Waals surface area (Å²) in [5, 5.41) is 22.2. The molecule has 0 saturated heterocycles. The summed E-state index contributed by atoms with van der Waals surface area (Å²) < 4.78 is 0. The molecule has 0 fully saturated rings. The number of nitrogens with one attached hydrogen (secondary N) is 2. The lowest BCUT2D eigenvalue weighted by Gasteiger charge is -2.10. The minimum absolute atomic E-state index is 0.527. The minimum atomic E-state index is 0.527. The van der Waals surface area contributed by atoms with E-state index >= 15 is 0 Å². The first kappa shape index (κ1) is 17.2. The van der Waals surface area contributed by atoms with E-state index in [-0.39, 0.29) is 0 Å². The fourth-order valence-electron chi connectivity index (χ4n) is 1.38. The number of nitriles is 1. The zero-order chi connectivity index (χ0) is 15.3. The first-order valence-corrected chi connectivity index (χ1v) is 7.80. The molecule has 21 heavy (non-hydrogen) atoms. The molecule has 1 aromatic rings. The lowest BCUT2D eigenvalue weighted by atomic mass is 10.4. The van der Waals surface area contributed by atoms with Crippen LogP contribution in [0.2, 0.25) is 0 Å². The van der Waals surface area contributed by atoms with Crippen LogP contribution in [0.4, 0.5) is 0 Å². The van der Waals surface area contributed by atoms with Crippen molar-refractivity contribution >= 4 is 17.7 Å². The number of guanidine groups is 1. The molecule has 8 heteroatoms. The van der Waals surface area contributed by atoms with Crippen molar-refractivity contribution in [3.05, 3.63) is 24.0 Å². The van der Waals surface area contributed by atoms with Gasteiger partial charge in [-0.2, -0.15) is 27.2 Å². The van der Waals surface area contributed by atoms with Gasteiger partial charge in [-0.05, 0) is 26.2 Å². The van der Waals surface area contributed by atoms with Crippen LogP contribution < -0.4 is 10.6 Å². The molecule has 1 aromatic heterocycles. The molecule has 0 amide bonds. The molecule has 1 rings (SSSR count).